The molecule has 0 amide bonds. The normalized spacial score (nSPS) is 11.0. The summed E-state index contributed by atoms with van der Waals surface area (Å²) in [5.41, 5.74) is 1.28. The van der Waals surface area contributed by atoms with Crippen LogP contribution in [0.25, 0.3) is 6.08 Å². The first-order chi connectivity index (χ1) is 7.43. The highest BCUT2D eigenvalue weighted by molar-refractivity contribution is 5.48. The SMILES string of the molecule is CCCCCCCC=Cc1cc[c]cc1. The van der Waals surface area contributed by atoms with Crippen LogP contribution in [0.1, 0.15) is 51.0 Å². The first kappa shape index (κ1) is 12.0. The first-order valence-electron chi connectivity index (χ1n) is 6.06. The van der Waals surface area contributed by atoms with Crippen molar-refractivity contribution in [3.05, 3.63) is 42.0 Å². The van der Waals surface area contributed by atoms with Gasteiger partial charge in [-0.3, -0.25) is 0 Å². The van der Waals surface area contributed by atoms with E-state index in [9.17, 15) is 0 Å². The minimum absolute atomic E-state index is 1.21. The van der Waals surface area contributed by atoms with E-state index >= 15 is 0 Å². The van der Waals surface area contributed by atoms with Gasteiger partial charge in [-0.05, 0) is 24.5 Å². The Bertz CT molecular complexity index is 259. The maximum atomic E-state index is 3.02. The van der Waals surface area contributed by atoms with Gasteiger partial charge in [-0.25, -0.2) is 0 Å². The number of hydrogen-bond acceptors (Lipinski definition) is 0. The molecule has 0 fully saturated rings. The molecule has 0 N–H and O–H groups in total. The van der Waals surface area contributed by atoms with Crippen molar-refractivity contribution in [2.45, 2.75) is 45.4 Å². The van der Waals surface area contributed by atoms with Crippen molar-refractivity contribution in [1.29, 1.82) is 0 Å². The molecule has 0 aliphatic carbocycles. The smallest absolute Gasteiger partial charge is 0.0184 e. The van der Waals surface area contributed by atoms with Crippen molar-refractivity contribution in [3.8, 4) is 0 Å². The maximum Gasteiger partial charge on any atom is -0.0184 e. The Labute approximate surface area is 94.0 Å². The molecule has 0 atom stereocenters. The Balaban J connectivity index is 2.07. The van der Waals surface area contributed by atoms with E-state index in [0.29, 0.717) is 0 Å². The average molecular weight is 201 g/mol. The molecule has 0 unspecified atom stereocenters. The van der Waals surface area contributed by atoms with Crippen molar-refractivity contribution >= 4 is 6.08 Å². The lowest BCUT2D eigenvalue weighted by Gasteiger charge is -1.96. The predicted molar refractivity (Wildman–Crippen MR) is 67.7 cm³/mol. The van der Waals surface area contributed by atoms with Crippen LogP contribution in [0.15, 0.2) is 30.3 Å². The zero-order valence-electron chi connectivity index (χ0n) is 9.71. The Kier molecular flexibility index (Phi) is 6.64. The summed E-state index contributed by atoms with van der Waals surface area (Å²) in [6.45, 7) is 2.26. The quantitative estimate of drug-likeness (QED) is 0.553. The molecule has 0 aliphatic heterocycles. The molecule has 0 aromatic heterocycles. The highest BCUT2D eigenvalue weighted by Gasteiger charge is 1.87. The molecule has 0 spiro atoms. The Morgan fingerprint density at radius 2 is 1.80 bits per heavy atom. The lowest BCUT2D eigenvalue weighted by atomic mass is 10.1. The van der Waals surface area contributed by atoms with Crippen LogP contribution in [-0.4, -0.2) is 0 Å². The standard InChI is InChI=1S/C15H21/c1-2-3-4-5-6-7-9-12-15-13-10-8-11-14-15/h9-14H,2-7H2,1H3. The third kappa shape index (κ3) is 6.11. The summed E-state index contributed by atoms with van der Waals surface area (Å²) in [6, 6.07) is 11.1. The summed E-state index contributed by atoms with van der Waals surface area (Å²) in [4.78, 5) is 0. The van der Waals surface area contributed by atoms with Crippen molar-refractivity contribution in [2.24, 2.45) is 0 Å². The molecule has 1 aromatic carbocycles. The number of hydrogen-bond donors (Lipinski definition) is 0. The van der Waals surface area contributed by atoms with Crippen LogP contribution in [0.2, 0.25) is 0 Å². The molecule has 0 heteroatoms. The second-order valence-electron chi connectivity index (χ2n) is 3.94. The maximum absolute atomic E-state index is 3.02. The van der Waals surface area contributed by atoms with Gasteiger partial charge in [-0.2, -0.15) is 0 Å². The average Bonchev–Trinajstić information content (AvgIpc) is 2.29. The molecular weight excluding hydrogens is 180 g/mol. The molecule has 0 saturated carbocycles. The molecule has 1 rings (SSSR count). The Morgan fingerprint density at radius 1 is 1.07 bits per heavy atom. The van der Waals surface area contributed by atoms with Crippen molar-refractivity contribution in [2.75, 3.05) is 0 Å². The zero-order chi connectivity index (χ0) is 10.8. The van der Waals surface area contributed by atoms with E-state index in [0.717, 1.165) is 0 Å². The van der Waals surface area contributed by atoms with E-state index in [1.165, 1.54) is 44.1 Å². The highest BCUT2D eigenvalue weighted by Crippen LogP contribution is 2.07. The first-order valence-corrected chi connectivity index (χ1v) is 6.06. The van der Waals surface area contributed by atoms with E-state index in [4.69, 9.17) is 0 Å². The van der Waals surface area contributed by atoms with Gasteiger partial charge in [-0.1, -0.05) is 69.0 Å². The monoisotopic (exact) mass is 201 g/mol. The van der Waals surface area contributed by atoms with Crippen LogP contribution < -0.4 is 0 Å². The van der Waals surface area contributed by atoms with Gasteiger partial charge >= 0.3 is 0 Å². The molecule has 0 aliphatic rings. The van der Waals surface area contributed by atoms with Gasteiger partial charge in [0.05, 0.1) is 0 Å². The van der Waals surface area contributed by atoms with Crippen LogP contribution in [0, 0.1) is 6.07 Å². The zero-order valence-corrected chi connectivity index (χ0v) is 9.71. The minimum Gasteiger partial charge on any atom is -0.0839 e. The summed E-state index contributed by atoms with van der Waals surface area (Å²) < 4.78 is 0. The van der Waals surface area contributed by atoms with E-state index < -0.39 is 0 Å². The lowest BCUT2D eigenvalue weighted by molar-refractivity contribution is 0.638. The Hall–Kier alpha value is -1.04. The van der Waals surface area contributed by atoms with Crippen molar-refractivity contribution in [3.63, 3.8) is 0 Å². The Morgan fingerprint density at radius 3 is 2.53 bits per heavy atom. The largest absolute Gasteiger partial charge is 0.0839 e. The fourth-order valence-corrected chi connectivity index (χ4v) is 1.60. The van der Waals surface area contributed by atoms with Gasteiger partial charge in [0.1, 0.15) is 0 Å². The van der Waals surface area contributed by atoms with Gasteiger partial charge in [0, 0.05) is 0 Å². The van der Waals surface area contributed by atoms with Crippen molar-refractivity contribution < 1.29 is 0 Å². The van der Waals surface area contributed by atoms with Gasteiger partial charge < -0.3 is 0 Å². The summed E-state index contributed by atoms with van der Waals surface area (Å²) >= 11 is 0. The van der Waals surface area contributed by atoms with Gasteiger partial charge in [0.15, 0.2) is 0 Å². The fraction of sp³-hybridized carbons (Fsp3) is 0.467. The minimum atomic E-state index is 1.21. The molecule has 0 saturated heterocycles. The molecule has 0 heterocycles. The lowest BCUT2D eigenvalue weighted by Crippen LogP contribution is -1.76. The summed E-state index contributed by atoms with van der Waals surface area (Å²) in [7, 11) is 0. The summed E-state index contributed by atoms with van der Waals surface area (Å²) in [5.74, 6) is 0. The number of allylic oxidation sites excluding steroid dienone is 1. The van der Waals surface area contributed by atoms with E-state index in [1.54, 1.807) is 0 Å². The van der Waals surface area contributed by atoms with Crippen LogP contribution >= 0.6 is 0 Å². The van der Waals surface area contributed by atoms with Crippen LogP contribution in [0.4, 0.5) is 0 Å². The van der Waals surface area contributed by atoms with Crippen LogP contribution in [-0.2, 0) is 0 Å². The number of benzene rings is 1. The predicted octanol–water partition coefficient (Wildman–Crippen LogP) is 4.86. The van der Waals surface area contributed by atoms with Gasteiger partial charge in [0.2, 0.25) is 0 Å². The van der Waals surface area contributed by atoms with E-state index in [2.05, 4.69) is 37.3 Å². The molecular formula is C15H21. The molecule has 0 bridgehead atoms. The number of rotatable bonds is 7. The summed E-state index contributed by atoms with van der Waals surface area (Å²) in [5, 5.41) is 0. The fourth-order valence-electron chi connectivity index (χ4n) is 1.60. The number of unbranched alkanes of at least 4 members (excludes halogenated alkanes) is 5. The molecule has 0 nitrogen and oxygen atoms in total. The van der Waals surface area contributed by atoms with Crippen LogP contribution in [0.3, 0.4) is 0 Å². The molecule has 1 aromatic rings. The van der Waals surface area contributed by atoms with Crippen molar-refractivity contribution in [1.82, 2.24) is 0 Å². The molecule has 15 heavy (non-hydrogen) atoms. The second kappa shape index (κ2) is 8.28. The van der Waals surface area contributed by atoms with Gasteiger partial charge in [-0.15, -0.1) is 0 Å². The summed E-state index contributed by atoms with van der Waals surface area (Å²) in [6.07, 6.45) is 12.5. The highest BCUT2D eigenvalue weighted by atomic mass is 13.9. The van der Waals surface area contributed by atoms with E-state index in [-0.39, 0.29) is 0 Å². The molecule has 1 radical (unpaired) electrons. The van der Waals surface area contributed by atoms with Gasteiger partial charge in [0.25, 0.3) is 0 Å². The van der Waals surface area contributed by atoms with E-state index in [1.807, 2.05) is 12.1 Å². The third-order valence-corrected chi connectivity index (χ3v) is 2.53. The third-order valence-electron chi connectivity index (χ3n) is 2.53. The second-order valence-corrected chi connectivity index (χ2v) is 3.94. The topological polar surface area (TPSA) is 0 Å². The van der Waals surface area contributed by atoms with Crippen LogP contribution in [0.5, 0.6) is 0 Å². The molecule has 81 valence electrons.